The van der Waals surface area contributed by atoms with Crippen LogP contribution in [-0.2, 0) is 0 Å². The Morgan fingerprint density at radius 1 is 0.941 bits per heavy atom. The topological polar surface area (TPSA) is 0 Å². The van der Waals surface area contributed by atoms with Crippen molar-refractivity contribution in [1.29, 1.82) is 0 Å². The average molecular weight is 230 g/mol. The minimum Gasteiger partial charge on any atom is -0.155 e. The van der Waals surface area contributed by atoms with Crippen LogP contribution in [0.25, 0.3) is 0 Å². The van der Waals surface area contributed by atoms with E-state index in [9.17, 15) is 0 Å². The fourth-order valence-electron chi connectivity index (χ4n) is 3.74. The summed E-state index contributed by atoms with van der Waals surface area (Å²) in [5.74, 6) is 9.07. The highest BCUT2D eigenvalue weighted by molar-refractivity contribution is 6.70. The molecule has 2 aliphatic heterocycles. The summed E-state index contributed by atoms with van der Waals surface area (Å²) in [4.78, 5) is 0. The van der Waals surface area contributed by atoms with Crippen molar-refractivity contribution in [3.05, 3.63) is 0 Å². The van der Waals surface area contributed by atoms with E-state index in [2.05, 4.69) is 18.7 Å². The molecule has 0 amide bonds. The normalized spacial score (nSPS) is 27.5. The summed E-state index contributed by atoms with van der Waals surface area (Å²) in [6, 6.07) is 0. The van der Waals surface area contributed by atoms with E-state index in [1.807, 2.05) is 0 Å². The highest BCUT2D eigenvalue weighted by Gasteiger charge is 2.38. The molecule has 2 saturated heterocycles. The van der Waals surface area contributed by atoms with E-state index in [-0.39, 0.29) is 0 Å². The smallest absolute Gasteiger partial charge is 0.155 e. The maximum atomic E-state index is 3.65. The van der Waals surface area contributed by atoms with Gasteiger partial charge in [0, 0.05) is 6.42 Å². The van der Waals surface area contributed by atoms with Crippen molar-refractivity contribution in [2.75, 3.05) is 0 Å². The standard InChI is InChI=1S/C16H27B/c1-2-3-4-5-6-7-14-17-15-10-8-11-16(17)13-9-12-15/h15-16H,2-6,8-13H2,1H3. The Balaban J connectivity index is 1.75. The monoisotopic (exact) mass is 230 g/mol. The summed E-state index contributed by atoms with van der Waals surface area (Å²) in [6.45, 7) is 3.05. The van der Waals surface area contributed by atoms with Gasteiger partial charge in [-0.1, -0.05) is 64.7 Å². The molecule has 2 heterocycles. The zero-order valence-electron chi connectivity index (χ0n) is 11.5. The molecule has 2 rings (SSSR count). The van der Waals surface area contributed by atoms with Gasteiger partial charge in [-0.25, -0.2) is 0 Å². The molecule has 0 N–H and O–H groups in total. The van der Waals surface area contributed by atoms with Gasteiger partial charge in [-0.3, -0.25) is 0 Å². The molecule has 0 nitrogen and oxygen atoms in total. The van der Waals surface area contributed by atoms with Crippen LogP contribution in [0.2, 0.25) is 11.6 Å². The van der Waals surface area contributed by atoms with Gasteiger partial charge in [0.2, 0.25) is 6.71 Å². The van der Waals surface area contributed by atoms with Crippen LogP contribution in [0.15, 0.2) is 0 Å². The molecule has 0 spiro atoms. The summed E-state index contributed by atoms with van der Waals surface area (Å²) in [6.07, 6.45) is 15.4. The third-order valence-electron chi connectivity index (χ3n) is 4.74. The third-order valence-corrected chi connectivity index (χ3v) is 4.74. The molecule has 0 aromatic heterocycles. The summed E-state index contributed by atoms with van der Waals surface area (Å²) < 4.78 is 0. The van der Waals surface area contributed by atoms with E-state index < -0.39 is 0 Å². The lowest BCUT2D eigenvalue weighted by Gasteiger charge is -2.37. The zero-order chi connectivity index (χ0) is 11.9. The second kappa shape index (κ2) is 7.15. The van der Waals surface area contributed by atoms with Gasteiger partial charge in [0.15, 0.2) is 0 Å². The van der Waals surface area contributed by atoms with Gasteiger partial charge in [-0.15, -0.1) is 5.92 Å². The SMILES string of the molecule is CCCCCCC#CB1C2CCCC1CCC2. The van der Waals surface area contributed by atoms with Crippen LogP contribution in [0.4, 0.5) is 0 Å². The minimum atomic E-state index is 0.781. The number of hydrogen-bond acceptors (Lipinski definition) is 0. The van der Waals surface area contributed by atoms with Gasteiger partial charge in [0.1, 0.15) is 0 Å². The lowest BCUT2D eigenvalue weighted by Crippen LogP contribution is -2.33. The van der Waals surface area contributed by atoms with Crippen molar-refractivity contribution in [2.45, 2.75) is 89.2 Å². The van der Waals surface area contributed by atoms with Crippen molar-refractivity contribution in [1.82, 2.24) is 0 Å². The first-order chi connectivity index (χ1) is 8.42. The molecule has 0 saturated carbocycles. The van der Waals surface area contributed by atoms with Crippen LogP contribution in [0.3, 0.4) is 0 Å². The Hall–Kier alpha value is -0.375. The van der Waals surface area contributed by atoms with Crippen LogP contribution in [0.5, 0.6) is 0 Å². The Morgan fingerprint density at radius 2 is 1.59 bits per heavy atom. The first kappa shape index (κ1) is 13.1. The molecule has 2 bridgehead atoms. The van der Waals surface area contributed by atoms with E-state index in [0.717, 1.165) is 24.8 Å². The molecule has 1 heteroatoms. The summed E-state index contributed by atoms with van der Waals surface area (Å²) in [5, 5.41) is 0. The van der Waals surface area contributed by atoms with Gasteiger partial charge in [-0.05, 0) is 18.1 Å². The van der Waals surface area contributed by atoms with Gasteiger partial charge in [0.05, 0.1) is 0 Å². The number of rotatable bonds is 4. The lowest BCUT2D eigenvalue weighted by atomic mass is 9.28. The highest BCUT2D eigenvalue weighted by atomic mass is 14.2. The summed E-state index contributed by atoms with van der Waals surface area (Å²) in [5.41, 5.74) is 0. The molecule has 0 atom stereocenters. The van der Waals surface area contributed by atoms with Crippen LogP contribution in [0, 0.1) is 11.7 Å². The largest absolute Gasteiger partial charge is 0.237 e. The third kappa shape index (κ3) is 3.80. The second-order valence-corrected chi connectivity index (χ2v) is 6.04. The Kier molecular flexibility index (Phi) is 5.49. The molecule has 2 aliphatic rings. The fourth-order valence-corrected chi connectivity index (χ4v) is 3.74. The quantitative estimate of drug-likeness (QED) is 0.358. The zero-order valence-corrected chi connectivity index (χ0v) is 11.5. The fraction of sp³-hybridized carbons (Fsp3) is 0.875. The number of fused-ring (bicyclic) bond motifs is 2. The molecule has 0 radical (unpaired) electrons. The van der Waals surface area contributed by atoms with Crippen molar-refractivity contribution >= 4 is 6.71 Å². The van der Waals surface area contributed by atoms with Gasteiger partial charge in [0.25, 0.3) is 0 Å². The maximum absolute atomic E-state index is 3.65. The van der Waals surface area contributed by atoms with Crippen molar-refractivity contribution in [3.63, 3.8) is 0 Å². The van der Waals surface area contributed by atoms with Crippen LogP contribution in [0.1, 0.15) is 77.6 Å². The maximum Gasteiger partial charge on any atom is 0.237 e. The Labute approximate surface area is 108 Å². The average Bonchev–Trinajstić information content (AvgIpc) is 2.33. The number of unbranched alkanes of at least 4 members (excludes halogenated alkanes) is 4. The summed E-state index contributed by atoms with van der Waals surface area (Å²) in [7, 11) is 0. The molecule has 0 aromatic rings. The molecule has 17 heavy (non-hydrogen) atoms. The number of hydrogen-bond donors (Lipinski definition) is 0. The molecule has 0 unspecified atom stereocenters. The summed E-state index contributed by atoms with van der Waals surface area (Å²) >= 11 is 0. The van der Waals surface area contributed by atoms with Gasteiger partial charge < -0.3 is 0 Å². The molecule has 0 aromatic carbocycles. The van der Waals surface area contributed by atoms with Crippen LogP contribution in [-0.4, -0.2) is 6.71 Å². The van der Waals surface area contributed by atoms with E-state index in [4.69, 9.17) is 0 Å². The predicted molar refractivity (Wildman–Crippen MR) is 77.5 cm³/mol. The minimum absolute atomic E-state index is 0.781. The molecule has 94 valence electrons. The first-order valence-electron chi connectivity index (χ1n) is 7.90. The van der Waals surface area contributed by atoms with Crippen molar-refractivity contribution in [2.24, 2.45) is 0 Å². The van der Waals surface area contributed by atoms with Gasteiger partial charge in [-0.2, -0.15) is 5.82 Å². The molecule has 2 fully saturated rings. The van der Waals surface area contributed by atoms with E-state index in [1.165, 1.54) is 64.2 Å². The molecular formula is C16H27B. The van der Waals surface area contributed by atoms with Crippen LogP contribution >= 0.6 is 0 Å². The van der Waals surface area contributed by atoms with Gasteiger partial charge >= 0.3 is 0 Å². The second-order valence-electron chi connectivity index (χ2n) is 6.04. The highest BCUT2D eigenvalue weighted by Crippen LogP contribution is 2.45. The van der Waals surface area contributed by atoms with E-state index in [1.54, 1.807) is 0 Å². The predicted octanol–water partition coefficient (Wildman–Crippen LogP) is 5.10. The van der Waals surface area contributed by atoms with E-state index in [0.29, 0.717) is 0 Å². The Bertz CT molecular complexity index is 251. The molecule has 0 aliphatic carbocycles. The van der Waals surface area contributed by atoms with Crippen molar-refractivity contribution < 1.29 is 0 Å². The van der Waals surface area contributed by atoms with E-state index >= 15 is 0 Å². The Morgan fingerprint density at radius 3 is 2.18 bits per heavy atom. The van der Waals surface area contributed by atoms with Crippen molar-refractivity contribution in [3.8, 4) is 11.7 Å². The lowest BCUT2D eigenvalue weighted by molar-refractivity contribution is 0.448. The molecular weight excluding hydrogens is 203 g/mol. The first-order valence-corrected chi connectivity index (χ1v) is 7.90. The van der Waals surface area contributed by atoms with Crippen LogP contribution < -0.4 is 0 Å².